The molecule has 1 N–H and O–H groups in total. The average Bonchev–Trinajstić information content (AvgIpc) is 2.73. The fraction of sp³-hybridized carbons (Fsp3) is 0.308. The molecule has 0 spiro atoms. The quantitative estimate of drug-likeness (QED) is 0.647. The smallest absolute Gasteiger partial charge is 0.228 e. The van der Waals surface area contributed by atoms with E-state index in [1.807, 2.05) is 13.8 Å². The van der Waals surface area contributed by atoms with Crippen LogP contribution >= 0.6 is 0 Å². The van der Waals surface area contributed by atoms with Crippen LogP contribution in [0.3, 0.4) is 0 Å². The number of hydrogen-bond acceptors (Lipinski definition) is 3. The summed E-state index contributed by atoms with van der Waals surface area (Å²) in [5, 5.41) is 0. The number of benzene rings is 1. The summed E-state index contributed by atoms with van der Waals surface area (Å²) >= 11 is 0. The predicted octanol–water partition coefficient (Wildman–Crippen LogP) is 2.36. The SMILES string of the molecule is CC(C)CC(=O)C(=O)c1ccc2nc[nH]c2c1. The number of rotatable bonds is 4. The highest BCUT2D eigenvalue weighted by molar-refractivity contribution is 6.43. The predicted molar refractivity (Wildman–Crippen MR) is 64.9 cm³/mol. The minimum absolute atomic E-state index is 0.197. The van der Waals surface area contributed by atoms with Crippen molar-refractivity contribution >= 4 is 22.6 Å². The van der Waals surface area contributed by atoms with Gasteiger partial charge in [0.25, 0.3) is 0 Å². The number of imidazole rings is 1. The van der Waals surface area contributed by atoms with Gasteiger partial charge in [-0.25, -0.2) is 4.98 Å². The van der Waals surface area contributed by atoms with E-state index in [1.165, 1.54) is 0 Å². The van der Waals surface area contributed by atoms with Crippen molar-refractivity contribution in [1.29, 1.82) is 0 Å². The molecule has 0 bridgehead atoms. The van der Waals surface area contributed by atoms with Gasteiger partial charge in [0.2, 0.25) is 11.6 Å². The first-order chi connectivity index (χ1) is 8.08. The molecular formula is C13H14N2O2. The number of carbonyl (C=O) groups is 2. The van der Waals surface area contributed by atoms with Crippen LogP contribution in [0.25, 0.3) is 11.0 Å². The number of nitrogens with zero attached hydrogens (tertiary/aromatic N) is 1. The number of fused-ring (bicyclic) bond motifs is 1. The van der Waals surface area contributed by atoms with Crippen LogP contribution in [0.1, 0.15) is 30.6 Å². The van der Waals surface area contributed by atoms with E-state index in [-0.39, 0.29) is 11.7 Å². The van der Waals surface area contributed by atoms with Crippen LogP contribution in [0.2, 0.25) is 0 Å². The van der Waals surface area contributed by atoms with Crippen molar-refractivity contribution in [2.45, 2.75) is 20.3 Å². The van der Waals surface area contributed by atoms with Gasteiger partial charge in [-0.3, -0.25) is 9.59 Å². The molecule has 0 radical (unpaired) electrons. The highest BCUT2D eigenvalue weighted by Crippen LogP contribution is 2.13. The van der Waals surface area contributed by atoms with Crippen LogP contribution in [0.4, 0.5) is 0 Å². The molecule has 2 rings (SSSR count). The molecule has 2 aromatic rings. The first kappa shape index (κ1) is 11.5. The highest BCUT2D eigenvalue weighted by Gasteiger charge is 2.17. The molecule has 0 amide bonds. The normalized spacial score (nSPS) is 11.0. The van der Waals surface area contributed by atoms with Crippen LogP contribution in [0.5, 0.6) is 0 Å². The summed E-state index contributed by atoms with van der Waals surface area (Å²) in [5.41, 5.74) is 1.98. The third kappa shape index (κ3) is 2.41. The first-order valence-electron chi connectivity index (χ1n) is 5.58. The van der Waals surface area contributed by atoms with Crippen molar-refractivity contribution in [1.82, 2.24) is 9.97 Å². The minimum atomic E-state index is -0.421. The fourth-order valence-electron chi connectivity index (χ4n) is 1.70. The number of Topliss-reactive ketones (excluding diaryl/α,β-unsaturated/α-hetero) is 2. The molecule has 0 unspecified atom stereocenters. The van der Waals surface area contributed by atoms with E-state index in [4.69, 9.17) is 0 Å². The van der Waals surface area contributed by atoms with E-state index in [1.54, 1.807) is 24.5 Å². The number of ketones is 2. The van der Waals surface area contributed by atoms with Crippen molar-refractivity contribution < 1.29 is 9.59 Å². The van der Waals surface area contributed by atoms with Crippen LogP contribution in [0.15, 0.2) is 24.5 Å². The van der Waals surface area contributed by atoms with Gasteiger partial charge in [0.15, 0.2) is 0 Å². The zero-order chi connectivity index (χ0) is 12.4. The van der Waals surface area contributed by atoms with Crippen molar-refractivity contribution in [2.75, 3.05) is 0 Å². The largest absolute Gasteiger partial charge is 0.345 e. The highest BCUT2D eigenvalue weighted by atomic mass is 16.2. The van der Waals surface area contributed by atoms with Gasteiger partial charge in [-0.2, -0.15) is 0 Å². The lowest BCUT2D eigenvalue weighted by Crippen LogP contribution is -2.16. The van der Waals surface area contributed by atoms with E-state index < -0.39 is 5.78 Å². The number of carbonyl (C=O) groups excluding carboxylic acids is 2. The summed E-state index contributed by atoms with van der Waals surface area (Å²) < 4.78 is 0. The van der Waals surface area contributed by atoms with E-state index in [9.17, 15) is 9.59 Å². The van der Waals surface area contributed by atoms with Crippen molar-refractivity contribution in [2.24, 2.45) is 5.92 Å². The Labute approximate surface area is 99.1 Å². The second-order valence-corrected chi connectivity index (χ2v) is 4.48. The van der Waals surface area contributed by atoms with E-state index >= 15 is 0 Å². The standard InChI is InChI=1S/C13H14N2O2/c1-8(2)5-12(16)13(17)9-3-4-10-11(6-9)15-7-14-10/h3-4,6-8H,5H2,1-2H3,(H,14,15). The Kier molecular flexibility index (Phi) is 3.04. The van der Waals surface area contributed by atoms with E-state index in [2.05, 4.69) is 9.97 Å². The summed E-state index contributed by atoms with van der Waals surface area (Å²) in [6, 6.07) is 5.05. The molecule has 4 heteroatoms. The molecular weight excluding hydrogens is 216 g/mol. The summed E-state index contributed by atoms with van der Waals surface area (Å²) in [7, 11) is 0. The molecule has 0 saturated heterocycles. The number of nitrogens with one attached hydrogen (secondary N) is 1. The Morgan fingerprint density at radius 3 is 2.82 bits per heavy atom. The molecule has 1 aromatic heterocycles. The molecule has 88 valence electrons. The lowest BCUT2D eigenvalue weighted by atomic mass is 10.00. The van der Waals surface area contributed by atoms with E-state index in [0.717, 1.165) is 11.0 Å². The number of aromatic nitrogens is 2. The van der Waals surface area contributed by atoms with Gasteiger partial charge in [0.1, 0.15) is 0 Å². The Morgan fingerprint density at radius 1 is 1.35 bits per heavy atom. The Morgan fingerprint density at radius 2 is 2.12 bits per heavy atom. The third-order valence-electron chi connectivity index (χ3n) is 2.53. The molecule has 0 aliphatic rings. The lowest BCUT2D eigenvalue weighted by molar-refractivity contribution is -0.115. The number of hydrogen-bond donors (Lipinski definition) is 1. The van der Waals surface area contributed by atoms with Crippen LogP contribution < -0.4 is 0 Å². The second-order valence-electron chi connectivity index (χ2n) is 4.48. The zero-order valence-corrected chi connectivity index (χ0v) is 9.86. The Balaban J connectivity index is 2.26. The first-order valence-corrected chi connectivity index (χ1v) is 5.58. The molecule has 4 nitrogen and oxygen atoms in total. The van der Waals surface area contributed by atoms with Gasteiger partial charge in [-0.15, -0.1) is 0 Å². The number of H-pyrrole nitrogens is 1. The Bertz CT molecular complexity index is 570. The Hall–Kier alpha value is -1.97. The molecule has 0 aliphatic carbocycles. The van der Waals surface area contributed by atoms with Crippen LogP contribution in [-0.4, -0.2) is 21.5 Å². The van der Waals surface area contributed by atoms with Gasteiger partial charge in [0, 0.05) is 12.0 Å². The summed E-state index contributed by atoms with van der Waals surface area (Å²) in [4.78, 5) is 30.5. The molecule has 1 heterocycles. The molecule has 0 atom stereocenters. The van der Waals surface area contributed by atoms with Crippen LogP contribution in [0, 0.1) is 5.92 Å². The monoisotopic (exact) mass is 230 g/mol. The minimum Gasteiger partial charge on any atom is -0.345 e. The molecule has 1 aromatic carbocycles. The summed E-state index contributed by atoms with van der Waals surface area (Å²) in [5.74, 6) is -0.559. The topological polar surface area (TPSA) is 62.8 Å². The van der Waals surface area contributed by atoms with Crippen molar-refractivity contribution in [3.63, 3.8) is 0 Å². The van der Waals surface area contributed by atoms with Crippen molar-refractivity contribution in [3.8, 4) is 0 Å². The number of aromatic amines is 1. The van der Waals surface area contributed by atoms with Crippen molar-refractivity contribution in [3.05, 3.63) is 30.1 Å². The third-order valence-corrected chi connectivity index (χ3v) is 2.53. The van der Waals surface area contributed by atoms with Gasteiger partial charge < -0.3 is 4.98 Å². The maximum absolute atomic E-state index is 11.9. The molecule has 0 aliphatic heterocycles. The maximum Gasteiger partial charge on any atom is 0.228 e. The average molecular weight is 230 g/mol. The zero-order valence-electron chi connectivity index (χ0n) is 9.86. The fourth-order valence-corrected chi connectivity index (χ4v) is 1.70. The van der Waals surface area contributed by atoms with Crippen LogP contribution in [-0.2, 0) is 4.79 Å². The van der Waals surface area contributed by atoms with Gasteiger partial charge in [-0.1, -0.05) is 13.8 Å². The lowest BCUT2D eigenvalue weighted by Gasteiger charge is -2.03. The molecule has 0 saturated carbocycles. The molecule has 0 fully saturated rings. The second kappa shape index (κ2) is 4.49. The summed E-state index contributed by atoms with van der Waals surface area (Å²) in [6.45, 7) is 3.84. The maximum atomic E-state index is 11.9. The van der Waals surface area contributed by atoms with Gasteiger partial charge >= 0.3 is 0 Å². The van der Waals surface area contributed by atoms with Gasteiger partial charge in [0.05, 0.1) is 17.4 Å². The summed E-state index contributed by atoms with van der Waals surface area (Å²) in [6.07, 6.45) is 1.86. The van der Waals surface area contributed by atoms with Gasteiger partial charge in [-0.05, 0) is 24.1 Å². The van der Waals surface area contributed by atoms with E-state index in [0.29, 0.717) is 12.0 Å². The molecule has 17 heavy (non-hydrogen) atoms.